The smallest absolute Gasteiger partial charge is 0.369 e. The van der Waals surface area contributed by atoms with E-state index in [1.807, 2.05) is 0 Å². The molecule has 0 amide bonds. The SMILES string of the molecule is CCOC(=O)c1cnn(-c2ccccn2)c1N=NC1=C(O)OC2(CCCCC2)OC1=O.CCOC(=O)c1cnn(-c2ccccn2)c1N=NC1=C(O)OC2(CCCCC2)OC1=O.[Fe]. The van der Waals surface area contributed by atoms with Gasteiger partial charge in [-0.2, -0.15) is 19.6 Å². The number of hydrogen-bond acceptors (Lipinski definition) is 20. The number of carbonyl (C=O) groups excluding carboxylic acids is 4. The van der Waals surface area contributed by atoms with Gasteiger partial charge in [-0.25, -0.2) is 29.1 Å². The molecule has 0 aromatic carbocycles. The molecule has 8 rings (SSSR count). The largest absolute Gasteiger partial charge is 0.479 e. The first-order chi connectivity index (χ1) is 30.1. The first-order valence-electron chi connectivity index (χ1n) is 19.9. The van der Waals surface area contributed by atoms with Crippen molar-refractivity contribution in [2.24, 2.45) is 20.5 Å². The fraction of sp³-hybridized carbons (Fsp3) is 0.400. The first-order valence-corrected chi connectivity index (χ1v) is 19.9. The average molecular weight is 911 g/mol. The molecule has 0 atom stereocenters. The van der Waals surface area contributed by atoms with E-state index in [-0.39, 0.29) is 53.0 Å². The van der Waals surface area contributed by atoms with Gasteiger partial charge in [0.1, 0.15) is 11.1 Å². The minimum Gasteiger partial charge on any atom is -0.479 e. The van der Waals surface area contributed by atoms with Gasteiger partial charge in [0.15, 0.2) is 23.3 Å². The maximum absolute atomic E-state index is 12.5. The van der Waals surface area contributed by atoms with Gasteiger partial charge in [-0.15, -0.1) is 20.5 Å². The third kappa shape index (κ3) is 10.2. The van der Waals surface area contributed by atoms with Crippen LogP contribution in [0.4, 0.5) is 11.6 Å². The van der Waals surface area contributed by atoms with Crippen LogP contribution in [0.2, 0.25) is 0 Å². The van der Waals surface area contributed by atoms with Crippen molar-refractivity contribution in [2.45, 2.75) is 89.6 Å². The van der Waals surface area contributed by atoms with Crippen LogP contribution in [0.3, 0.4) is 0 Å². The van der Waals surface area contributed by atoms with Gasteiger partial charge in [-0.3, -0.25) is 0 Å². The molecular formula is C40H42FeN10O12. The molecule has 2 N–H and O–H groups in total. The predicted octanol–water partition coefficient (Wildman–Crippen LogP) is 6.97. The van der Waals surface area contributed by atoms with E-state index in [4.69, 9.17) is 28.4 Å². The molecule has 23 heteroatoms. The van der Waals surface area contributed by atoms with Crippen LogP contribution in [0.5, 0.6) is 0 Å². The zero-order chi connectivity index (χ0) is 43.7. The monoisotopic (exact) mass is 910 g/mol. The average Bonchev–Trinajstić information content (AvgIpc) is 3.90. The Bertz CT molecular complexity index is 2250. The van der Waals surface area contributed by atoms with Crippen LogP contribution in [-0.4, -0.2) is 88.4 Å². The van der Waals surface area contributed by atoms with Gasteiger partial charge in [0, 0.05) is 55.1 Å². The fourth-order valence-corrected chi connectivity index (χ4v) is 6.93. The molecule has 0 radical (unpaired) electrons. The van der Waals surface area contributed by atoms with E-state index < -0.39 is 58.7 Å². The maximum atomic E-state index is 12.5. The molecule has 0 bridgehead atoms. The van der Waals surface area contributed by atoms with E-state index in [0.29, 0.717) is 37.3 Å². The summed E-state index contributed by atoms with van der Waals surface area (Å²) in [5.41, 5.74) is -0.963. The van der Waals surface area contributed by atoms with Crippen LogP contribution in [-0.2, 0) is 55.1 Å². The molecule has 2 spiro atoms. The molecule has 4 aromatic rings. The second-order valence-electron chi connectivity index (χ2n) is 14.0. The summed E-state index contributed by atoms with van der Waals surface area (Å²) in [6.45, 7) is 3.64. The number of rotatable bonds is 10. The number of carbonyl (C=O) groups is 4. The summed E-state index contributed by atoms with van der Waals surface area (Å²) in [6, 6.07) is 10.2. The van der Waals surface area contributed by atoms with Crippen LogP contribution < -0.4 is 0 Å². The molecule has 6 heterocycles. The number of azo groups is 2. The van der Waals surface area contributed by atoms with Crippen LogP contribution >= 0.6 is 0 Å². The third-order valence-corrected chi connectivity index (χ3v) is 9.85. The molecular weight excluding hydrogens is 868 g/mol. The number of pyridine rings is 2. The summed E-state index contributed by atoms with van der Waals surface area (Å²) in [5.74, 6) is -6.00. The number of aliphatic hydroxyl groups is 2. The van der Waals surface area contributed by atoms with Crippen LogP contribution in [0.15, 0.2) is 105 Å². The molecule has 0 saturated heterocycles. The van der Waals surface area contributed by atoms with E-state index in [1.54, 1.807) is 62.6 Å². The normalized spacial score (nSPS) is 17.9. The van der Waals surface area contributed by atoms with Gasteiger partial charge in [-0.1, -0.05) is 25.0 Å². The molecule has 0 unspecified atom stereocenters. The Morgan fingerprint density at radius 1 is 0.635 bits per heavy atom. The predicted molar refractivity (Wildman–Crippen MR) is 209 cm³/mol. The number of ether oxygens (including phenoxy) is 6. The number of nitrogens with zero attached hydrogens (tertiary/aromatic N) is 10. The summed E-state index contributed by atoms with van der Waals surface area (Å²) in [4.78, 5) is 58.0. The Morgan fingerprint density at radius 2 is 1.03 bits per heavy atom. The molecule has 22 nitrogen and oxygen atoms in total. The van der Waals surface area contributed by atoms with Gasteiger partial charge in [-0.05, 0) is 63.8 Å². The second kappa shape index (κ2) is 20.2. The Morgan fingerprint density at radius 3 is 1.37 bits per heavy atom. The zero-order valence-electron chi connectivity index (χ0n) is 34.1. The van der Waals surface area contributed by atoms with Gasteiger partial charge >= 0.3 is 35.8 Å². The standard InChI is InChI=1S/2C20H21N5O6.Fe/c2*1-2-29-17(26)13-12-22-25(14-8-4-7-11-21-14)16(13)24-23-15-18(27)30-20(31-19(15)28)9-5-3-6-10-20;/h2*4,7-8,11-12,27H,2-3,5-6,9-10H2,1H3;. The van der Waals surface area contributed by atoms with E-state index in [0.717, 1.165) is 38.5 Å². The molecule has 2 aliphatic carbocycles. The van der Waals surface area contributed by atoms with Gasteiger partial charge in [0.05, 0.1) is 25.6 Å². The summed E-state index contributed by atoms with van der Waals surface area (Å²) in [5, 5.41) is 44.5. The molecule has 332 valence electrons. The molecule has 2 saturated carbocycles. The quantitative estimate of drug-likeness (QED) is 0.0703. The van der Waals surface area contributed by atoms with Gasteiger partial charge in [0.25, 0.3) is 23.0 Å². The minimum absolute atomic E-state index is 0. The number of aromatic nitrogens is 6. The molecule has 2 fully saturated rings. The van der Waals surface area contributed by atoms with Crippen molar-refractivity contribution in [3.8, 4) is 11.6 Å². The number of hydrogen-bond donors (Lipinski definition) is 2. The minimum atomic E-state index is -1.16. The molecule has 4 aliphatic rings. The third-order valence-electron chi connectivity index (χ3n) is 9.85. The summed E-state index contributed by atoms with van der Waals surface area (Å²) < 4.78 is 34.5. The van der Waals surface area contributed by atoms with Crippen molar-refractivity contribution in [3.63, 3.8) is 0 Å². The fourth-order valence-electron chi connectivity index (χ4n) is 6.93. The van der Waals surface area contributed by atoms with Crippen molar-refractivity contribution < 1.29 is 74.9 Å². The van der Waals surface area contributed by atoms with Gasteiger partial charge in [0.2, 0.25) is 0 Å². The number of aliphatic hydroxyl groups excluding tert-OH is 2. The maximum Gasteiger partial charge on any atom is 0.369 e. The zero-order valence-corrected chi connectivity index (χ0v) is 35.2. The van der Waals surface area contributed by atoms with Crippen molar-refractivity contribution in [1.29, 1.82) is 0 Å². The van der Waals surface area contributed by atoms with Crippen LogP contribution in [0.25, 0.3) is 11.6 Å². The van der Waals surface area contributed by atoms with Crippen molar-refractivity contribution >= 4 is 35.5 Å². The number of esters is 4. The van der Waals surface area contributed by atoms with Crippen LogP contribution in [0.1, 0.15) is 98.8 Å². The summed E-state index contributed by atoms with van der Waals surface area (Å²) in [6.07, 6.45) is 12.9. The van der Waals surface area contributed by atoms with Crippen molar-refractivity contribution in [2.75, 3.05) is 13.2 Å². The Hall–Kier alpha value is -7.00. The first kappa shape index (κ1) is 45.5. The topological polar surface area (TPSA) is 275 Å². The molecule has 63 heavy (non-hydrogen) atoms. The molecule has 2 aliphatic heterocycles. The second-order valence-corrected chi connectivity index (χ2v) is 14.0. The van der Waals surface area contributed by atoms with E-state index in [2.05, 4.69) is 40.6 Å². The van der Waals surface area contributed by atoms with Crippen molar-refractivity contribution in [3.05, 3.63) is 95.6 Å². The summed E-state index contributed by atoms with van der Waals surface area (Å²) >= 11 is 0. The van der Waals surface area contributed by atoms with E-state index in [1.165, 1.54) is 21.8 Å². The van der Waals surface area contributed by atoms with E-state index in [9.17, 15) is 29.4 Å². The Labute approximate surface area is 369 Å². The van der Waals surface area contributed by atoms with E-state index >= 15 is 0 Å². The Kier molecular flexibility index (Phi) is 14.6. The van der Waals surface area contributed by atoms with Crippen molar-refractivity contribution in [1.82, 2.24) is 29.5 Å². The van der Waals surface area contributed by atoms with Gasteiger partial charge < -0.3 is 38.6 Å². The molecule has 4 aromatic heterocycles. The Balaban J connectivity index is 0.000000206. The summed E-state index contributed by atoms with van der Waals surface area (Å²) in [7, 11) is 0. The van der Waals surface area contributed by atoms with Crippen LogP contribution in [0, 0.1) is 0 Å².